The Balaban J connectivity index is 1.39. The van der Waals surface area contributed by atoms with Crippen molar-refractivity contribution in [3.8, 4) is 0 Å². The largest absolute Gasteiger partial charge is 0.384 e. The van der Waals surface area contributed by atoms with E-state index in [9.17, 15) is 4.79 Å². The second kappa shape index (κ2) is 7.98. The van der Waals surface area contributed by atoms with Crippen LogP contribution in [0.1, 0.15) is 59.2 Å². The van der Waals surface area contributed by atoms with Gasteiger partial charge in [0.2, 0.25) is 0 Å². The van der Waals surface area contributed by atoms with E-state index < -0.39 is 0 Å². The zero-order valence-electron chi connectivity index (χ0n) is 17.3. The molecule has 1 spiro atoms. The molecule has 1 amide bonds. The van der Waals surface area contributed by atoms with Gasteiger partial charge >= 0.3 is 0 Å². The Kier molecular flexibility index (Phi) is 5.04. The standard InChI is InChI=1S/C27H28N2O/c30-26(29-24-12-6-5-11-21(24)17-20-9-3-1-4-10-20)22-13-14-25-23(18-22)27(19-28-25)15-7-2-8-16-27/h1,3-6,9-14,18,28H,2,7-8,15-17,19H2,(H,29,30). The Morgan fingerprint density at radius 1 is 0.900 bits per heavy atom. The summed E-state index contributed by atoms with van der Waals surface area (Å²) < 4.78 is 0. The van der Waals surface area contributed by atoms with E-state index in [4.69, 9.17) is 0 Å². The molecule has 1 aliphatic carbocycles. The van der Waals surface area contributed by atoms with Crippen LogP contribution in [0.5, 0.6) is 0 Å². The fourth-order valence-electron chi connectivity index (χ4n) is 5.12. The second-order valence-electron chi connectivity index (χ2n) is 8.73. The number of para-hydroxylation sites is 1. The van der Waals surface area contributed by atoms with Crippen LogP contribution in [0.15, 0.2) is 72.8 Å². The monoisotopic (exact) mass is 396 g/mol. The molecule has 5 rings (SSSR count). The third-order valence-electron chi connectivity index (χ3n) is 6.78. The molecule has 0 radical (unpaired) electrons. The first-order valence-corrected chi connectivity index (χ1v) is 11.1. The number of fused-ring (bicyclic) bond motifs is 2. The Labute approximate surface area is 178 Å². The van der Waals surface area contributed by atoms with Gasteiger partial charge in [0.15, 0.2) is 0 Å². The summed E-state index contributed by atoms with van der Waals surface area (Å²) >= 11 is 0. The van der Waals surface area contributed by atoms with Crippen molar-refractivity contribution < 1.29 is 4.79 Å². The molecule has 30 heavy (non-hydrogen) atoms. The molecule has 3 aromatic carbocycles. The molecule has 3 nitrogen and oxygen atoms in total. The van der Waals surface area contributed by atoms with Crippen LogP contribution in [-0.2, 0) is 11.8 Å². The van der Waals surface area contributed by atoms with E-state index in [2.05, 4.69) is 53.1 Å². The summed E-state index contributed by atoms with van der Waals surface area (Å²) in [4.78, 5) is 13.2. The summed E-state index contributed by atoms with van der Waals surface area (Å²) in [5, 5.41) is 6.75. The van der Waals surface area contributed by atoms with Crippen LogP contribution in [0.2, 0.25) is 0 Å². The van der Waals surface area contributed by atoms with Crippen LogP contribution in [0, 0.1) is 0 Å². The molecular weight excluding hydrogens is 368 g/mol. The summed E-state index contributed by atoms with van der Waals surface area (Å²) in [6.07, 6.45) is 7.13. The van der Waals surface area contributed by atoms with Crippen LogP contribution in [0.3, 0.4) is 0 Å². The molecule has 2 N–H and O–H groups in total. The molecule has 0 saturated heterocycles. The number of amides is 1. The van der Waals surface area contributed by atoms with E-state index in [1.54, 1.807) is 0 Å². The number of carbonyl (C=O) groups excluding carboxylic acids is 1. The van der Waals surface area contributed by atoms with E-state index in [-0.39, 0.29) is 11.3 Å². The molecule has 152 valence electrons. The number of carbonyl (C=O) groups is 1. The van der Waals surface area contributed by atoms with Crippen molar-refractivity contribution in [3.05, 3.63) is 95.1 Å². The van der Waals surface area contributed by atoms with Crippen LogP contribution in [0.25, 0.3) is 0 Å². The van der Waals surface area contributed by atoms with Crippen LogP contribution >= 0.6 is 0 Å². The summed E-state index contributed by atoms with van der Waals surface area (Å²) in [7, 11) is 0. The summed E-state index contributed by atoms with van der Waals surface area (Å²) in [6, 6.07) is 24.6. The van der Waals surface area contributed by atoms with Gasteiger partial charge in [0.25, 0.3) is 5.91 Å². The number of hydrogen-bond acceptors (Lipinski definition) is 2. The Morgan fingerprint density at radius 2 is 1.67 bits per heavy atom. The van der Waals surface area contributed by atoms with Crippen molar-refractivity contribution in [2.24, 2.45) is 0 Å². The summed E-state index contributed by atoms with van der Waals surface area (Å²) in [5.41, 5.74) is 6.76. The predicted octanol–water partition coefficient (Wildman–Crippen LogP) is 6.16. The van der Waals surface area contributed by atoms with Gasteiger partial charge in [-0.25, -0.2) is 0 Å². The first-order valence-electron chi connectivity index (χ1n) is 11.1. The number of anilines is 2. The highest BCUT2D eigenvalue weighted by Crippen LogP contribution is 2.46. The predicted molar refractivity (Wildman–Crippen MR) is 123 cm³/mol. The van der Waals surface area contributed by atoms with Gasteiger partial charge in [0, 0.05) is 28.9 Å². The van der Waals surface area contributed by atoms with Gasteiger partial charge < -0.3 is 10.6 Å². The topological polar surface area (TPSA) is 41.1 Å². The summed E-state index contributed by atoms with van der Waals surface area (Å²) in [5.74, 6) is -0.0313. The SMILES string of the molecule is O=C(Nc1ccccc1Cc1ccccc1)c1ccc2c(c1)C1(CCCCC1)CN2. The Morgan fingerprint density at radius 3 is 2.50 bits per heavy atom. The molecule has 3 heteroatoms. The average molecular weight is 397 g/mol. The number of nitrogens with one attached hydrogen (secondary N) is 2. The minimum Gasteiger partial charge on any atom is -0.384 e. The van der Waals surface area contributed by atoms with Gasteiger partial charge in [-0.1, -0.05) is 67.8 Å². The van der Waals surface area contributed by atoms with Gasteiger partial charge in [-0.3, -0.25) is 4.79 Å². The van der Waals surface area contributed by atoms with E-state index in [0.29, 0.717) is 0 Å². The highest BCUT2D eigenvalue weighted by molar-refractivity contribution is 6.05. The quantitative estimate of drug-likeness (QED) is 0.555. The van der Waals surface area contributed by atoms with Gasteiger partial charge in [-0.15, -0.1) is 0 Å². The molecule has 3 aromatic rings. The second-order valence-corrected chi connectivity index (χ2v) is 8.73. The lowest BCUT2D eigenvalue weighted by molar-refractivity contribution is 0.102. The van der Waals surface area contributed by atoms with E-state index in [1.165, 1.54) is 48.9 Å². The van der Waals surface area contributed by atoms with Crippen molar-refractivity contribution >= 4 is 17.3 Å². The van der Waals surface area contributed by atoms with Crippen molar-refractivity contribution in [3.63, 3.8) is 0 Å². The third-order valence-corrected chi connectivity index (χ3v) is 6.78. The molecule has 1 saturated carbocycles. The van der Waals surface area contributed by atoms with Crippen molar-refractivity contribution in [2.45, 2.75) is 43.9 Å². The van der Waals surface area contributed by atoms with Crippen LogP contribution in [0.4, 0.5) is 11.4 Å². The number of benzene rings is 3. The first kappa shape index (κ1) is 18.9. The lowest BCUT2D eigenvalue weighted by Crippen LogP contribution is -2.31. The minimum absolute atomic E-state index is 0.0313. The highest BCUT2D eigenvalue weighted by atomic mass is 16.1. The molecule has 0 bridgehead atoms. The molecule has 1 fully saturated rings. The normalized spacial score (nSPS) is 16.7. The molecule has 2 aliphatic rings. The fourth-order valence-corrected chi connectivity index (χ4v) is 5.12. The van der Waals surface area contributed by atoms with Gasteiger partial charge in [-0.05, 0) is 60.2 Å². The average Bonchev–Trinajstić information content (AvgIpc) is 3.13. The van der Waals surface area contributed by atoms with Gasteiger partial charge in [0.1, 0.15) is 0 Å². The Hall–Kier alpha value is -3.07. The molecule has 0 aromatic heterocycles. The lowest BCUT2D eigenvalue weighted by atomic mass is 9.70. The maximum Gasteiger partial charge on any atom is 0.255 e. The van der Waals surface area contributed by atoms with Crippen LogP contribution in [-0.4, -0.2) is 12.5 Å². The number of hydrogen-bond donors (Lipinski definition) is 2. The van der Waals surface area contributed by atoms with Crippen molar-refractivity contribution in [1.29, 1.82) is 0 Å². The first-order chi connectivity index (χ1) is 14.7. The molecule has 1 heterocycles. The zero-order chi connectivity index (χ0) is 20.4. The number of rotatable bonds is 4. The van der Waals surface area contributed by atoms with Gasteiger partial charge in [-0.2, -0.15) is 0 Å². The minimum atomic E-state index is -0.0313. The molecule has 1 aliphatic heterocycles. The van der Waals surface area contributed by atoms with Crippen molar-refractivity contribution in [1.82, 2.24) is 0 Å². The van der Waals surface area contributed by atoms with E-state index >= 15 is 0 Å². The van der Waals surface area contributed by atoms with Crippen LogP contribution < -0.4 is 10.6 Å². The van der Waals surface area contributed by atoms with Gasteiger partial charge in [0.05, 0.1) is 0 Å². The fraction of sp³-hybridized carbons (Fsp3) is 0.296. The molecular formula is C27H28N2O. The summed E-state index contributed by atoms with van der Waals surface area (Å²) in [6.45, 7) is 1.01. The maximum atomic E-state index is 13.2. The smallest absolute Gasteiger partial charge is 0.255 e. The lowest BCUT2D eigenvalue weighted by Gasteiger charge is -2.33. The Bertz CT molecular complexity index is 1050. The van der Waals surface area contributed by atoms with Crippen molar-refractivity contribution in [2.75, 3.05) is 17.2 Å². The van der Waals surface area contributed by atoms with E-state index in [0.717, 1.165) is 29.8 Å². The molecule has 0 unspecified atom stereocenters. The van der Waals surface area contributed by atoms with E-state index in [1.807, 2.05) is 30.3 Å². The zero-order valence-corrected chi connectivity index (χ0v) is 17.3. The molecule has 0 atom stereocenters. The maximum absolute atomic E-state index is 13.2. The highest BCUT2D eigenvalue weighted by Gasteiger charge is 2.39. The third kappa shape index (κ3) is 3.60.